The zero-order valence-electron chi connectivity index (χ0n) is 11.1. The van der Waals surface area contributed by atoms with Crippen LogP contribution in [0.1, 0.15) is 5.56 Å². The quantitative estimate of drug-likeness (QED) is 0.690. The van der Waals surface area contributed by atoms with Gasteiger partial charge in [-0.05, 0) is 47.0 Å². The Morgan fingerprint density at radius 2 is 1.55 bits per heavy atom. The number of halogens is 1. The largest absolute Gasteiger partial charge is 0.385 e. The van der Waals surface area contributed by atoms with Crippen LogP contribution in [0.3, 0.4) is 0 Å². The molecule has 0 aliphatic rings. The summed E-state index contributed by atoms with van der Waals surface area (Å²) >= 11 is 3.50. The molecule has 3 aromatic carbocycles. The van der Waals surface area contributed by atoms with E-state index in [-0.39, 0.29) is 0 Å². The van der Waals surface area contributed by atoms with E-state index in [0.717, 1.165) is 17.4 Å². The molecule has 3 aromatic rings. The zero-order valence-corrected chi connectivity index (χ0v) is 12.7. The minimum atomic E-state index is 0.950. The van der Waals surface area contributed by atoms with Gasteiger partial charge in [0.15, 0.2) is 0 Å². The third kappa shape index (κ3) is 3.20. The van der Waals surface area contributed by atoms with Gasteiger partial charge in [-0.15, -0.1) is 0 Å². The van der Waals surface area contributed by atoms with E-state index < -0.39 is 0 Å². The van der Waals surface area contributed by atoms with Crippen molar-refractivity contribution in [2.24, 2.45) is 0 Å². The number of rotatable bonds is 4. The lowest BCUT2D eigenvalue weighted by Crippen LogP contribution is -2.04. The van der Waals surface area contributed by atoms with Crippen LogP contribution in [0.2, 0.25) is 0 Å². The van der Waals surface area contributed by atoms with Crippen LogP contribution in [0.4, 0.5) is 5.69 Å². The molecule has 0 aliphatic heterocycles. The van der Waals surface area contributed by atoms with Crippen molar-refractivity contribution in [3.8, 4) is 0 Å². The van der Waals surface area contributed by atoms with Crippen LogP contribution in [0.25, 0.3) is 10.8 Å². The number of hydrogen-bond donors (Lipinski definition) is 1. The Morgan fingerprint density at radius 1 is 0.800 bits per heavy atom. The highest BCUT2D eigenvalue weighted by Crippen LogP contribution is 2.22. The molecule has 0 amide bonds. The van der Waals surface area contributed by atoms with E-state index in [2.05, 4.69) is 88.0 Å². The van der Waals surface area contributed by atoms with E-state index in [0.29, 0.717) is 0 Å². The van der Waals surface area contributed by atoms with Crippen LogP contribution in [0.15, 0.2) is 71.2 Å². The van der Waals surface area contributed by atoms with Crippen molar-refractivity contribution in [2.75, 3.05) is 11.9 Å². The monoisotopic (exact) mass is 325 g/mol. The highest BCUT2D eigenvalue weighted by Gasteiger charge is 1.98. The molecule has 0 saturated carbocycles. The standard InChI is InChI=1S/C18H16BrN/c19-17-8-6-16-13-18(9-7-15(16)12-17)20-11-10-14-4-2-1-3-5-14/h1-9,12-13,20H,10-11H2. The number of nitrogens with one attached hydrogen (secondary N) is 1. The van der Waals surface area contributed by atoms with Crippen molar-refractivity contribution >= 4 is 32.4 Å². The van der Waals surface area contributed by atoms with Crippen molar-refractivity contribution in [1.29, 1.82) is 0 Å². The number of anilines is 1. The van der Waals surface area contributed by atoms with Gasteiger partial charge in [-0.3, -0.25) is 0 Å². The lowest BCUT2D eigenvalue weighted by Gasteiger charge is -2.08. The molecular weight excluding hydrogens is 310 g/mol. The van der Waals surface area contributed by atoms with Crippen LogP contribution in [0, 0.1) is 0 Å². The Balaban J connectivity index is 1.67. The minimum Gasteiger partial charge on any atom is -0.385 e. The average molecular weight is 326 g/mol. The Bertz CT molecular complexity index is 707. The Labute approximate surface area is 127 Å². The van der Waals surface area contributed by atoms with E-state index in [1.165, 1.54) is 22.0 Å². The summed E-state index contributed by atoms with van der Waals surface area (Å²) in [6.07, 6.45) is 1.04. The summed E-state index contributed by atoms with van der Waals surface area (Å²) in [6, 6.07) is 23.4. The Hall–Kier alpha value is -1.80. The van der Waals surface area contributed by atoms with Gasteiger partial charge in [-0.2, -0.15) is 0 Å². The van der Waals surface area contributed by atoms with Gasteiger partial charge in [0.1, 0.15) is 0 Å². The first-order valence-electron chi connectivity index (χ1n) is 6.78. The highest BCUT2D eigenvalue weighted by atomic mass is 79.9. The van der Waals surface area contributed by atoms with Gasteiger partial charge in [0.05, 0.1) is 0 Å². The minimum absolute atomic E-state index is 0.950. The maximum Gasteiger partial charge on any atom is 0.0346 e. The SMILES string of the molecule is Brc1ccc2cc(NCCc3ccccc3)ccc2c1. The van der Waals surface area contributed by atoms with E-state index in [9.17, 15) is 0 Å². The van der Waals surface area contributed by atoms with E-state index in [1.807, 2.05) is 0 Å². The molecule has 1 nitrogen and oxygen atoms in total. The van der Waals surface area contributed by atoms with Crippen LogP contribution >= 0.6 is 15.9 Å². The molecule has 3 rings (SSSR count). The summed E-state index contributed by atoms with van der Waals surface area (Å²) in [6.45, 7) is 0.950. The molecule has 0 bridgehead atoms. The summed E-state index contributed by atoms with van der Waals surface area (Å²) in [5.74, 6) is 0. The fourth-order valence-electron chi connectivity index (χ4n) is 2.32. The summed E-state index contributed by atoms with van der Waals surface area (Å²) in [5, 5.41) is 6.01. The first-order chi connectivity index (χ1) is 9.81. The molecular formula is C18H16BrN. The third-order valence-electron chi connectivity index (χ3n) is 3.39. The second-order valence-corrected chi connectivity index (χ2v) is 5.78. The summed E-state index contributed by atoms with van der Waals surface area (Å²) in [7, 11) is 0. The normalized spacial score (nSPS) is 10.7. The maximum atomic E-state index is 3.50. The first kappa shape index (κ1) is 13.2. The summed E-state index contributed by atoms with van der Waals surface area (Å²) in [4.78, 5) is 0. The lowest BCUT2D eigenvalue weighted by molar-refractivity contribution is 1.02. The molecule has 100 valence electrons. The van der Waals surface area contributed by atoms with Crippen molar-refractivity contribution in [3.05, 3.63) is 76.8 Å². The van der Waals surface area contributed by atoms with Gasteiger partial charge in [-0.25, -0.2) is 0 Å². The molecule has 0 fully saturated rings. The molecule has 0 aliphatic carbocycles. The maximum absolute atomic E-state index is 3.50. The topological polar surface area (TPSA) is 12.0 Å². The van der Waals surface area contributed by atoms with E-state index in [4.69, 9.17) is 0 Å². The molecule has 2 heteroatoms. The van der Waals surface area contributed by atoms with E-state index >= 15 is 0 Å². The highest BCUT2D eigenvalue weighted by molar-refractivity contribution is 9.10. The number of benzene rings is 3. The number of hydrogen-bond acceptors (Lipinski definition) is 1. The predicted octanol–water partition coefficient (Wildman–Crippen LogP) is 5.26. The summed E-state index contributed by atoms with van der Waals surface area (Å²) < 4.78 is 1.12. The van der Waals surface area contributed by atoms with Gasteiger partial charge in [0.2, 0.25) is 0 Å². The fraction of sp³-hybridized carbons (Fsp3) is 0.111. The molecule has 0 spiro atoms. The van der Waals surface area contributed by atoms with Gasteiger partial charge in [-0.1, -0.05) is 58.4 Å². The summed E-state index contributed by atoms with van der Waals surface area (Å²) in [5.41, 5.74) is 2.54. The second kappa shape index (κ2) is 6.10. The van der Waals surface area contributed by atoms with Crippen molar-refractivity contribution in [2.45, 2.75) is 6.42 Å². The molecule has 20 heavy (non-hydrogen) atoms. The van der Waals surface area contributed by atoms with Crippen LogP contribution in [0.5, 0.6) is 0 Å². The smallest absolute Gasteiger partial charge is 0.0346 e. The van der Waals surface area contributed by atoms with Crippen molar-refractivity contribution < 1.29 is 0 Å². The molecule has 0 radical (unpaired) electrons. The fourth-order valence-corrected chi connectivity index (χ4v) is 2.70. The van der Waals surface area contributed by atoms with Gasteiger partial charge >= 0.3 is 0 Å². The molecule has 0 unspecified atom stereocenters. The van der Waals surface area contributed by atoms with Crippen molar-refractivity contribution in [1.82, 2.24) is 0 Å². The Kier molecular flexibility index (Phi) is 4.03. The van der Waals surface area contributed by atoms with Gasteiger partial charge in [0, 0.05) is 16.7 Å². The zero-order chi connectivity index (χ0) is 13.8. The molecule has 1 N–H and O–H groups in total. The second-order valence-electron chi connectivity index (χ2n) is 4.87. The molecule has 0 heterocycles. The predicted molar refractivity (Wildman–Crippen MR) is 90.3 cm³/mol. The van der Waals surface area contributed by atoms with E-state index in [1.54, 1.807) is 0 Å². The molecule has 0 atom stereocenters. The lowest BCUT2D eigenvalue weighted by atomic mass is 10.1. The average Bonchev–Trinajstić information content (AvgIpc) is 2.48. The van der Waals surface area contributed by atoms with Gasteiger partial charge in [0.25, 0.3) is 0 Å². The van der Waals surface area contributed by atoms with Gasteiger partial charge < -0.3 is 5.32 Å². The van der Waals surface area contributed by atoms with Crippen LogP contribution in [-0.4, -0.2) is 6.54 Å². The van der Waals surface area contributed by atoms with Crippen LogP contribution in [-0.2, 0) is 6.42 Å². The van der Waals surface area contributed by atoms with Crippen LogP contribution < -0.4 is 5.32 Å². The third-order valence-corrected chi connectivity index (χ3v) is 3.88. The number of fused-ring (bicyclic) bond motifs is 1. The first-order valence-corrected chi connectivity index (χ1v) is 7.58. The van der Waals surface area contributed by atoms with Crippen molar-refractivity contribution in [3.63, 3.8) is 0 Å². The molecule has 0 aromatic heterocycles. The Morgan fingerprint density at radius 3 is 2.40 bits per heavy atom. The molecule has 0 saturated heterocycles.